The predicted octanol–water partition coefficient (Wildman–Crippen LogP) is 3.67. The quantitative estimate of drug-likeness (QED) is 0.721. The van der Waals surface area contributed by atoms with Crippen LogP contribution in [0, 0.1) is 11.3 Å². The Hall–Kier alpha value is -0.0800. The van der Waals surface area contributed by atoms with Gasteiger partial charge in [-0.1, -0.05) is 33.6 Å². The number of likely N-dealkylation sites (tertiary alicyclic amines) is 1. The molecule has 1 saturated heterocycles. The minimum atomic E-state index is 0.472. The van der Waals surface area contributed by atoms with E-state index in [0.717, 1.165) is 12.0 Å². The van der Waals surface area contributed by atoms with Gasteiger partial charge in [-0.3, -0.25) is 0 Å². The van der Waals surface area contributed by atoms with Crippen molar-refractivity contribution in [2.75, 3.05) is 26.2 Å². The normalized spacial score (nSPS) is 25.4. The third-order valence-corrected chi connectivity index (χ3v) is 5.26. The molecule has 0 aromatic heterocycles. The van der Waals surface area contributed by atoms with Gasteiger partial charge in [0.15, 0.2) is 0 Å². The highest BCUT2D eigenvalue weighted by molar-refractivity contribution is 4.87. The molecule has 1 N–H and O–H groups in total. The summed E-state index contributed by atoms with van der Waals surface area (Å²) in [5.41, 5.74) is 0.472. The lowest BCUT2D eigenvalue weighted by Gasteiger charge is -2.39. The number of hydrogen-bond acceptors (Lipinski definition) is 2. The van der Waals surface area contributed by atoms with Crippen LogP contribution >= 0.6 is 0 Å². The first kappa shape index (κ1) is 15.3. The number of nitrogens with one attached hydrogen (secondary N) is 1. The van der Waals surface area contributed by atoms with Crippen molar-refractivity contribution in [1.82, 2.24) is 10.2 Å². The second-order valence-electron chi connectivity index (χ2n) is 7.33. The van der Waals surface area contributed by atoms with Crippen LogP contribution in [0.4, 0.5) is 0 Å². The van der Waals surface area contributed by atoms with Crippen molar-refractivity contribution >= 4 is 0 Å². The summed E-state index contributed by atoms with van der Waals surface area (Å²) in [6.45, 7) is 12.3. The molecule has 2 aliphatic rings. The summed E-state index contributed by atoms with van der Waals surface area (Å²) in [6, 6.07) is 0.848. The molecule has 2 heteroatoms. The van der Waals surface area contributed by atoms with Gasteiger partial charge in [-0.05, 0) is 56.5 Å². The zero-order chi connectivity index (χ0) is 13.7. The molecule has 0 radical (unpaired) electrons. The maximum absolute atomic E-state index is 3.74. The fourth-order valence-corrected chi connectivity index (χ4v) is 3.35. The molecule has 0 spiro atoms. The number of piperidine rings is 1. The van der Waals surface area contributed by atoms with Gasteiger partial charge >= 0.3 is 0 Å². The van der Waals surface area contributed by atoms with Gasteiger partial charge < -0.3 is 10.2 Å². The molecule has 0 amide bonds. The average molecular weight is 266 g/mol. The molecule has 2 rings (SSSR count). The van der Waals surface area contributed by atoms with Crippen LogP contribution in [0.15, 0.2) is 0 Å². The fourth-order valence-electron chi connectivity index (χ4n) is 3.35. The monoisotopic (exact) mass is 266 g/mol. The minimum absolute atomic E-state index is 0.472. The molecular weight excluding hydrogens is 232 g/mol. The lowest BCUT2D eigenvalue weighted by molar-refractivity contribution is 0.112. The Morgan fingerprint density at radius 1 is 1.11 bits per heavy atom. The van der Waals surface area contributed by atoms with Crippen molar-refractivity contribution in [3.05, 3.63) is 0 Å². The largest absolute Gasteiger partial charge is 0.313 e. The van der Waals surface area contributed by atoms with E-state index in [0.29, 0.717) is 5.41 Å². The summed E-state index contributed by atoms with van der Waals surface area (Å²) in [5, 5.41) is 3.74. The highest BCUT2D eigenvalue weighted by atomic mass is 15.1. The number of nitrogens with zero attached hydrogens (tertiary/aromatic N) is 1. The molecule has 0 aromatic rings. The zero-order valence-corrected chi connectivity index (χ0v) is 13.4. The summed E-state index contributed by atoms with van der Waals surface area (Å²) in [4.78, 5) is 2.73. The van der Waals surface area contributed by atoms with Crippen LogP contribution in [0.25, 0.3) is 0 Å². The lowest BCUT2D eigenvalue weighted by Crippen LogP contribution is -2.45. The second kappa shape index (κ2) is 7.08. The van der Waals surface area contributed by atoms with Crippen molar-refractivity contribution in [2.24, 2.45) is 11.3 Å². The summed E-state index contributed by atoms with van der Waals surface area (Å²) in [6.07, 6.45) is 9.78. The predicted molar refractivity (Wildman–Crippen MR) is 83.5 cm³/mol. The maximum atomic E-state index is 3.74. The van der Waals surface area contributed by atoms with Gasteiger partial charge in [0.1, 0.15) is 0 Å². The highest BCUT2D eigenvalue weighted by Crippen LogP contribution is 2.28. The highest BCUT2D eigenvalue weighted by Gasteiger charge is 2.30. The summed E-state index contributed by atoms with van der Waals surface area (Å²) in [5.74, 6) is 1.01. The van der Waals surface area contributed by atoms with Gasteiger partial charge in [-0.15, -0.1) is 0 Å². The summed E-state index contributed by atoms with van der Waals surface area (Å²) >= 11 is 0. The van der Waals surface area contributed by atoms with Crippen molar-refractivity contribution in [3.63, 3.8) is 0 Å². The van der Waals surface area contributed by atoms with E-state index in [1.165, 1.54) is 71.1 Å². The topological polar surface area (TPSA) is 15.3 Å². The standard InChI is InChI=1S/C17H34N2/c1-4-6-15-9-11-19(12-10-15)14-17(3,5-2)13-18-16-7-8-16/h15-16,18H,4-14H2,1-3H3. The third-order valence-electron chi connectivity index (χ3n) is 5.26. The van der Waals surface area contributed by atoms with Crippen molar-refractivity contribution in [3.8, 4) is 0 Å². The van der Waals surface area contributed by atoms with Crippen LogP contribution < -0.4 is 5.32 Å². The van der Waals surface area contributed by atoms with Crippen LogP contribution in [0.2, 0.25) is 0 Å². The fraction of sp³-hybridized carbons (Fsp3) is 1.00. The summed E-state index contributed by atoms with van der Waals surface area (Å²) in [7, 11) is 0. The molecule has 0 aromatic carbocycles. The first-order valence-corrected chi connectivity index (χ1v) is 8.61. The SMILES string of the molecule is CCCC1CCN(CC(C)(CC)CNC2CC2)CC1. The van der Waals surface area contributed by atoms with Gasteiger partial charge in [0, 0.05) is 19.1 Å². The van der Waals surface area contributed by atoms with Crippen LogP contribution in [0.5, 0.6) is 0 Å². The van der Waals surface area contributed by atoms with E-state index in [2.05, 4.69) is 31.0 Å². The molecule has 2 nitrogen and oxygen atoms in total. The zero-order valence-electron chi connectivity index (χ0n) is 13.4. The van der Waals surface area contributed by atoms with E-state index in [4.69, 9.17) is 0 Å². The van der Waals surface area contributed by atoms with E-state index < -0.39 is 0 Å². The maximum Gasteiger partial charge on any atom is 0.00684 e. The molecule has 1 saturated carbocycles. The lowest BCUT2D eigenvalue weighted by atomic mass is 9.85. The Morgan fingerprint density at radius 3 is 2.32 bits per heavy atom. The van der Waals surface area contributed by atoms with Crippen molar-refractivity contribution in [1.29, 1.82) is 0 Å². The first-order valence-electron chi connectivity index (χ1n) is 8.61. The molecule has 0 bridgehead atoms. The first-order chi connectivity index (χ1) is 9.15. The van der Waals surface area contributed by atoms with Gasteiger partial charge in [0.25, 0.3) is 0 Å². The Balaban J connectivity index is 1.71. The van der Waals surface area contributed by atoms with Gasteiger partial charge in [-0.25, -0.2) is 0 Å². The molecular formula is C17H34N2. The Kier molecular flexibility index (Phi) is 5.70. The van der Waals surface area contributed by atoms with Crippen LogP contribution in [-0.4, -0.2) is 37.1 Å². The Morgan fingerprint density at radius 2 is 1.79 bits per heavy atom. The molecule has 2 fully saturated rings. The van der Waals surface area contributed by atoms with Gasteiger partial charge in [0.2, 0.25) is 0 Å². The molecule has 1 atom stereocenters. The minimum Gasteiger partial charge on any atom is -0.313 e. The van der Waals surface area contributed by atoms with Gasteiger partial charge in [0.05, 0.1) is 0 Å². The number of rotatable bonds is 8. The molecule has 1 aliphatic carbocycles. The van der Waals surface area contributed by atoms with Crippen molar-refractivity contribution in [2.45, 2.75) is 71.8 Å². The smallest absolute Gasteiger partial charge is 0.00684 e. The third kappa shape index (κ3) is 5.07. The van der Waals surface area contributed by atoms with Crippen LogP contribution in [0.3, 0.4) is 0 Å². The Labute approximate surface area is 120 Å². The summed E-state index contributed by atoms with van der Waals surface area (Å²) < 4.78 is 0. The number of hydrogen-bond donors (Lipinski definition) is 1. The van der Waals surface area contributed by atoms with E-state index in [1.807, 2.05) is 0 Å². The average Bonchev–Trinajstić information content (AvgIpc) is 3.23. The molecule has 19 heavy (non-hydrogen) atoms. The van der Waals surface area contributed by atoms with Crippen molar-refractivity contribution < 1.29 is 0 Å². The van der Waals surface area contributed by atoms with E-state index in [1.54, 1.807) is 0 Å². The van der Waals surface area contributed by atoms with Crippen LogP contribution in [0.1, 0.15) is 65.7 Å². The molecule has 1 unspecified atom stereocenters. The van der Waals surface area contributed by atoms with E-state index >= 15 is 0 Å². The van der Waals surface area contributed by atoms with E-state index in [9.17, 15) is 0 Å². The molecule has 1 aliphatic heterocycles. The van der Waals surface area contributed by atoms with Gasteiger partial charge in [-0.2, -0.15) is 0 Å². The molecule has 1 heterocycles. The molecule has 112 valence electrons. The Bertz CT molecular complexity index is 254. The second-order valence-corrected chi connectivity index (χ2v) is 7.33. The van der Waals surface area contributed by atoms with E-state index in [-0.39, 0.29) is 0 Å². The van der Waals surface area contributed by atoms with Crippen LogP contribution in [-0.2, 0) is 0 Å².